The summed E-state index contributed by atoms with van der Waals surface area (Å²) in [5.41, 5.74) is 3.68. The van der Waals surface area contributed by atoms with Gasteiger partial charge in [-0.3, -0.25) is 9.59 Å². The van der Waals surface area contributed by atoms with Crippen molar-refractivity contribution in [1.82, 2.24) is 9.80 Å². The third kappa shape index (κ3) is 8.39. The van der Waals surface area contributed by atoms with Crippen LogP contribution in [-0.2, 0) is 20.8 Å². The number of aldehydes is 1. The molecular formula is C36H47N3O4. The predicted molar refractivity (Wildman–Crippen MR) is 173 cm³/mol. The van der Waals surface area contributed by atoms with Crippen LogP contribution >= 0.6 is 0 Å². The number of hydrogen-bond acceptors (Lipinski definition) is 6. The van der Waals surface area contributed by atoms with Crippen molar-refractivity contribution in [3.63, 3.8) is 0 Å². The summed E-state index contributed by atoms with van der Waals surface area (Å²) in [4.78, 5) is 43.2. The molecule has 3 aromatic rings. The van der Waals surface area contributed by atoms with Crippen LogP contribution in [0.5, 0.6) is 0 Å². The van der Waals surface area contributed by atoms with Gasteiger partial charge in [-0.15, -0.1) is 0 Å². The number of para-hydroxylation sites is 1. The van der Waals surface area contributed by atoms with E-state index >= 15 is 0 Å². The fraction of sp³-hybridized carbons (Fsp3) is 0.417. The van der Waals surface area contributed by atoms with E-state index in [1.165, 1.54) is 18.4 Å². The van der Waals surface area contributed by atoms with Gasteiger partial charge in [-0.1, -0.05) is 86.1 Å². The minimum atomic E-state index is -0.569. The Labute approximate surface area is 257 Å². The van der Waals surface area contributed by atoms with Crippen LogP contribution in [0.15, 0.2) is 84.9 Å². The Hall–Kier alpha value is -3.81. The summed E-state index contributed by atoms with van der Waals surface area (Å²) in [6.45, 7) is 9.22. The highest BCUT2D eigenvalue weighted by Gasteiger charge is 2.55. The molecule has 2 fully saturated rings. The van der Waals surface area contributed by atoms with Gasteiger partial charge >= 0.3 is 0 Å². The number of rotatable bonds is 9. The Bertz CT molecular complexity index is 1290. The number of aliphatic hydroxyl groups is 1. The number of likely N-dealkylation sites (tertiary alicyclic amines) is 1. The molecule has 1 N–H and O–H groups in total. The van der Waals surface area contributed by atoms with Crippen LogP contribution in [0.25, 0.3) is 0 Å². The first-order valence-electron chi connectivity index (χ1n) is 15.2. The smallest absolute Gasteiger partial charge is 0.250 e. The lowest BCUT2D eigenvalue weighted by molar-refractivity contribution is -0.138. The number of nitrogens with zero attached hydrogens (tertiary/aromatic N) is 3. The number of hydrogen-bond donors (Lipinski definition) is 1. The number of benzene rings is 3. The Morgan fingerprint density at radius 3 is 2.07 bits per heavy atom. The van der Waals surface area contributed by atoms with E-state index in [4.69, 9.17) is 5.11 Å². The van der Waals surface area contributed by atoms with Crippen molar-refractivity contribution in [3.05, 3.63) is 102 Å². The Morgan fingerprint density at radius 1 is 0.930 bits per heavy atom. The van der Waals surface area contributed by atoms with Crippen LogP contribution in [0.3, 0.4) is 0 Å². The van der Waals surface area contributed by atoms with E-state index in [-0.39, 0.29) is 11.7 Å². The number of unbranched alkanes of at least 4 members (excludes halogenated alkanes) is 1. The summed E-state index contributed by atoms with van der Waals surface area (Å²) >= 11 is 0. The first kappa shape index (κ1) is 33.7. The lowest BCUT2D eigenvalue weighted by Gasteiger charge is -2.43. The fourth-order valence-corrected chi connectivity index (χ4v) is 5.96. The Kier molecular flexibility index (Phi) is 13.1. The lowest BCUT2D eigenvalue weighted by atomic mass is 9.85. The molecule has 7 heteroatoms. The molecule has 0 aromatic heterocycles. The number of aliphatic hydroxyl groups excluding tert-OH is 1. The van der Waals surface area contributed by atoms with Crippen LogP contribution in [-0.4, -0.2) is 71.8 Å². The van der Waals surface area contributed by atoms with E-state index in [1.54, 1.807) is 11.8 Å². The minimum Gasteiger partial charge on any atom is -0.400 e. The summed E-state index contributed by atoms with van der Waals surface area (Å²) in [6, 6.07) is 27.2. The molecule has 230 valence electrons. The predicted octanol–water partition coefficient (Wildman–Crippen LogP) is 5.60. The molecule has 5 rings (SSSR count). The second-order valence-electron chi connectivity index (χ2n) is 11.2. The van der Waals surface area contributed by atoms with Crippen LogP contribution in [0.4, 0.5) is 5.69 Å². The van der Waals surface area contributed by atoms with Crippen molar-refractivity contribution in [2.75, 3.05) is 38.3 Å². The molecular weight excluding hydrogens is 538 g/mol. The van der Waals surface area contributed by atoms with Gasteiger partial charge in [0.25, 0.3) is 5.91 Å². The number of ketones is 1. The monoisotopic (exact) mass is 585 g/mol. The summed E-state index contributed by atoms with van der Waals surface area (Å²) < 4.78 is 0. The molecule has 2 heterocycles. The SMILES string of the molecule is CC(=O)Cc1ccccc1C.CCCCN1CCC2(CC1)C(=O)N(C(C=O)c1ccccc1)CN2c1ccccc1.CO. The molecule has 2 aliphatic heterocycles. The van der Waals surface area contributed by atoms with Gasteiger partial charge in [-0.05, 0) is 68.5 Å². The maximum absolute atomic E-state index is 13.9. The first-order chi connectivity index (χ1) is 20.9. The highest BCUT2D eigenvalue weighted by atomic mass is 16.2. The maximum atomic E-state index is 13.9. The normalized spacial score (nSPS) is 16.5. The van der Waals surface area contributed by atoms with Gasteiger partial charge in [-0.2, -0.15) is 0 Å². The molecule has 1 atom stereocenters. The van der Waals surface area contributed by atoms with Crippen LogP contribution in [0.1, 0.15) is 62.3 Å². The van der Waals surface area contributed by atoms with Gasteiger partial charge in [0, 0.05) is 32.3 Å². The van der Waals surface area contributed by atoms with Gasteiger partial charge in [-0.25, -0.2) is 0 Å². The van der Waals surface area contributed by atoms with E-state index in [1.807, 2.05) is 79.7 Å². The Morgan fingerprint density at radius 2 is 1.51 bits per heavy atom. The number of Topliss-reactive ketones (excluding diaryl/α,β-unsaturated/α-hetero) is 1. The molecule has 0 aliphatic carbocycles. The molecule has 0 radical (unpaired) electrons. The van der Waals surface area contributed by atoms with Crippen LogP contribution in [0, 0.1) is 6.92 Å². The van der Waals surface area contributed by atoms with Gasteiger partial charge < -0.3 is 24.6 Å². The van der Waals surface area contributed by atoms with Crippen molar-refractivity contribution in [3.8, 4) is 0 Å². The fourth-order valence-electron chi connectivity index (χ4n) is 5.96. The van der Waals surface area contributed by atoms with Crippen LogP contribution < -0.4 is 4.90 Å². The average molecular weight is 586 g/mol. The third-order valence-corrected chi connectivity index (χ3v) is 8.35. The second kappa shape index (κ2) is 16.7. The number of carbonyl (C=O) groups excluding carboxylic acids is 3. The summed E-state index contributed by atoms with van der Waals surface area (Å²) in [7, 11) is 1.00. The van der Waals surface area contributed by atoms with E-state index in [0.717, 1.165) is 62.7 Å². The quantitative estimate of drug-likeness (QED) is 0.329. The molecule has 0 bridgehead atoms. The largest absolute Gasteiger partial charge is 0.400 e. The van der Waals surface area contributed by atoms with Crippen molar-refractivity contribution in [2.24, 2.45) is 0 Å². The summed E-state index contributed by atoms with van der Waals surface area (Å²) in [5.74, 6) is 0.307. The number of carbonyl (C=O) groups is 3. The Balaban J connectivity index is 0.000000327. The molecule has 7 nitrogen and oxygen atoms in total. The highest BCUT2D eigenvalue weighted by Crippen LogP contribution is 2.42. The minimum absolute atomic E-state index is 0.0856. The van der Waals surface area contributed by atoms with Crippen molar-refractivity contribution >= 4 is 23.7 Å². The number of aryl methyl sites for hydroxylation is 1. The topological polar surface area (TPSA) is 81.2 Å². The van der Waals surface area contributed by atoms with Gasteiger partial charge in [0.15, 0.2) is 0 Å². The molecule has 1 unspecified atom stereocenters. The average Bonchev–Trinajstić information content (AvgIpc) is 3.31. The van der Waals surface area contributed by atoms with Gasteiger partial charge in [0.05, 0.1) is 6.67 Å². The molecule has 3 aromatic carbocycles. The maximum Gasteiger partial charge on any atom is 0.250 e. The first-order valence-corrected chi connectivity index (χ1v) is 15.2. The zero-order valence-electron chi connectivity index (χ0n) is 26.1. The molecule has 2 saturated heterocycles. The van der Waals surface area contributed by atoms with E-state index in [2.05, 4.69) is 28.9 Å². The van der Waals surface area contributed by atoms with Crippen LogP contribution in [0.2, 0.25) is 0 Å². The van der Waals surface area contributed by atoms with E-state index < -0.39 is 11.6 Å². The van der Waals surface area contributed by atoms with Gasteiger partial charge in [0.1, 0.15) is 23.7 Å². The standard InChI is InChI=1S/C25H31N3O2.C10H12O.CH4O/c1-2-3-16-26-17-14-25(15-18-26)24(30)27(20-28(25)22-12-8-5-9-13-22)23(19-29)21-10-6-4-7-11-21;1-8-5-3-4-6-10(8)7-9(2)11;1-2/h4-13,19,23H,2-3,14-18,20H2,1H3;3-6H,7H2,1-2H3;2H,1H3. The molecule has 1 amide bonds. The highest BCUT2D eigenvalue weighted by molar-refractivity contribution is 5.95. The molecule has 1 spiro atoms. The molecule has 0 saturated carbocycles. The zero-order valence-corrected chi connectivity index (χ0v) is 26.1. The van der Waals surface area contributed by atoms with E-state index in [0.29, 0.717) is 13.1 Å². The van der Waals surface area contributed by atoms with Crippen molar-refractivity contribution in [2.45, 2.75) is 64.5 Å². The van der Waals surface area contributed by atoms with Crippen molar-refractivity contribution < 1.29 is 19.5 Å². The van der Waals surface area contributed by atoms with Gasteiger partial charge in [0.2, 0.25) is 0 Å². The number of piperidine rings is 1. The number of anilines is 1. The van der Waals surface area contributed by atoms with E-state index in [9.17, 15) is 14.4 Å². The molecule has 2 aliphatic rings. The zero-order chi connectivity index (χ0) is 31.2. The molecule has 43 heavy (non-hydrogen) atoms. The number of amides is 1. The third-order valence-electron chi connectivity index (χ3n) is 8.35. The second-order valence-corrected chi connectivity index (χ2v) is 11.2. The lowest BCUT2D eigenvalue weighted by Crippen LogP contribution is -2.56. The van der Waals surface area contributed by atoms with Crippen molar-refractivity contribution in [1.29, 1.82) is 0 Å². The summed E-state index contributed by atoms with van der Waals surface area (Å²) in [5, 5.41) is 7.00. The summed E-state index contributed by atoms with van der Waals surface area (Å²) in [6.07, 6.45) is 5.43.